The number of imidazole rings is 1. The monoisotopic (exact) mass is 302 g/mol. The van der Waals surface area contributed by atoms with E-state index in [9.17, 15) is 4.79 Å². The molecule has 0 spiro atoms. The molecule has 118 valence electrons. The van der Waals surface area contributed by atoms with Crippen LogP contribution in [-0.4, -0.2) is 44.6 Å². The molecule has 6 heteroatoms. The quantitative estimate of drug-likeness (QED) is 0.878. The van der Waals surface area contributed by atoms with Crippen molar-refractivity contribution in [3.8, 4) is 0 Å². The summed E-state index contributed by atoms with van der Waals surface area (Å²) in [5.74, 6) is 1.31. The Morgan fingerprint density at radius 2 is 2.09 bits per heavy atom. The predicted molar refractivity (Wildman–Crippen MR) is 83.7 cm³/mol. The summed E-state index contributed by atoms with van der Waals surface area (Å²) in [7, 11) is 0. The summed E-state index contributed by atoms with van der Waals surface area (Å²) in [5, 5.41) is 0. The smallest absolute Gasteiger partial charge is 0.410 e. The minimum atomic E-state index is -0.446. The molecule has 2 aromatic heterocycles. The lowest BCUT2D eigenvalue weighted by molar-refractivity contribution is 0.0203. The molecule has 1 saturated heterocycles. The third-order valence-electron chi connectivity index (χ3n) is 3.81. The number of piperidine rings is 1. The van der Waals surface area contributed by atoms with Crippen LogP contribution in [0.2, 0.25) is 0 Å². The maximum Gasteiger partial charge on any atom is 0.410 e. The van der Waals surface area contributed by atoms with Crippen LogP contribution in [0.25, 0.3) is 11.2 Å². The molecule has 0 saturated carbocycles. The Morgan fingerprint density at radius 1 is 1.36 bits per heavy atom. The van der Waals surface area contributed by atoms with Crippen LogP contribution in [0.5, 0.6) is 0 Å². The highest BCUT2D eigenvalue weighted by atomic mass is 16.6. The molecule has 1 N–H and O–H groups in total. The largest absolute Gasteiger partial charge is 0.444 e. The van der Waals surface area contributed by atoms with Gasteiger partial charge in [-0.15, -0.1) is 0 Å². The molecule has 3 rings (SSSR count). The first kappa shape index (κ1) is 14.8. The van der Waals surface area contributed by atoms with Gasteiger partial charge in [-0.2, -0.15) is 0 Å². The third kappa shape index (κ3) is 3.21. The molecule has 1 amide bonds. The molecule has 0 aliphatic carbocycles. The lowest BCUT2D eigenvalue weighted by atomic mass is 9.96. The molecule has 2 aromatic rings. The fraction of sp³-hybridized carbons (Fsp3) is 0.562. The Morgan fingerprint density at radius 3 is 2.73 bits per heavy atom. The summed E-state index contributed by atoms with van der Waals surface area (Å²) in [6.07, 6.45) is 3.30. The normalized spacial score (nSPS) is 17.0. The maximum absolute atomic E-state index is 12.1. The average Bonchev–Trinajstić information content (AvgIpc) is 2.89. The third-order valence-corrected chi connectivity index (χ3v) is 3.81. The lowest BCUT2D eigenvalue weighted by Crippen LogP contribution is -2.41. The number of nitrogens with one attached hydrogen (secondary N) is 1. The van der Waals surface area contributed by atoms with Crippen molar-refractivity contribution in [2.45, 2.75) is 45.1 Å². The number of carbonyl (C=O) groups excluding carboxylic acids is 1. The lowest BCUT2D eigenvalue weighted by Gasteiger charge is -2.32. The first-order valence-electron chi connectivity index (χ1n) is 7.71. The van der Waals surface area contributed by atoms with Crippen LogP contribution in [0.15, 0.2) is 18.3 Å². The molecule has 22 heavy (non-hydrogen) atoms. The van der Waals surface area contributed by atoms with Gasteiger partial charge >= 0.3 is 6.09 Å². The molecule has 0 radical (unpaired) electrons. The van der Waals surface area contributed by atoms with Gasteiger partial charge in [-0.05, 0) is 45.7 Å². The van der Waals surface area contributed by atoms with Crippen molar-refractivity contribution in [3.05, 3.63) is 24.2 Å². The van der Waals surface area contributed by atoms with Crippen molar-refractivity contribution >= 4 is 17.3 Å². The number of hydrogen-bond acceptors (Lipinski definition) is 4. The highest BCUT2D eigenvalue weighted by molar-refractivity contribution is 5.70. The highest BCUT2D eigenvalue weighted by Gasteiger charge is 2.28. The molecular formula is C16H22N4O2. The van der Waals surface area contributed by atoms with Gasteiger partial charge in [0.25, 0.3) is 0 Å². The Balaban J connectivity index is 1.63. The molecule has 1 aliphatic rings. The number of aromatic amines is 1. The predicted octanol–water partition coefficient (Wildman–Crippen LogP) is 3.07. The minimum absolute atomic E-state index is 0.225. The van der Waals surface area contributed by atoms with Gasteiger partial charge in [-0.3, -0.25) is 0 Å². The van der Waals surface area contributed by atoms with E-state index >= 15 is 0 Å². The molecule has 3 heterocycles. The van der Waals surface area contributed by atoms with E-state index in [4.69, 9.17) is 4.74 Å². The molecule has 0 aromatic carbocycles. The van der Waals surface area contributed by atoms with Crippen molar-refractivity contribution in [2.75, 3.05) is 13.1 Å². The first-order chi connectivity index (χ1) is 10.4. The number of hydrogen-bond donors (Lipinski definition) is 1. The zero-order chi connectivity index (χ0) is 15.7. The van der Waals surface area contributed by atoms with Gasteiger partial charge in [-0.25, -0.2) is 14.8 Å². The maximum atomic E-state index is 12.1. The fourth-order valence-electron chi connectivity index (χ4n) is 2.72. The van der Waals surface area contributed by atoms with E-state index in [1.165, 1.54) is 0 Å². The number of H-pyrrole nitrogens is 1. The van der Waals surface area contributed by atoms with E-state index in [2.05, 4.69) is 15.0 Å². The summed E-state index contributed by atoms with van der Waals surface area (Å²) < 4.78 is 5.42. The van der Waals surface area contributed by atoms with E-state index in [1.54, 1.807) is 11.1 Å². The SMILES string of the molecule is CC(C)(C)OC(=O)N1CCC(c2nc3ncccc3[nH]2)CC1. The van der Waals surface area contributed by atoms with Gasteiger partial charge in [0.2, 0.25) is 0 Å². The topological polar surface area (TPSA) is 71.1 Å². The van der Waals surface area contributed by atoms with Gasteiger partial charge in [0.15, 0.2) is 5.65 Å². The molecular weight excluding hydrogens is 280 g/mol. The van der Waals surface area contributed by atoms with Gasteiger partial charge < -0.3 is 14.6 Å². The van der Waals surface area contributed by atoms with Crippen LogP contribution in [0.1, 0.15) is 45.4 Å². The van der Waals surface area contributed by atoms with Crippen LogP contribution in [0.4, 0.5) is 4.79 Å². The summed E-state index contributed by atoms with van der Waals surface area (Å²) in [4.78, 5) is 26.0. The van der Waals surface area contributed by atoms with Gasteiger partial charge in [0.1, 0.15) is 11.4 Å². The molecule has 1 aliphatic heterocycles. The van der Waals surface area contributed by atoms with E-state index in [0.717, 1.165) is 29.8 Å². The summed E-state index contributed by atoms with van der Waals surface area (Å²) in [6, 6.07) is 3.88. The van der Waals surface area contributed by atoms with E-state index < -0.39 is 5.60 Å². The summed E-state index contributed by atoms with van der Waals surface area (Å²) in [6.45, 7) is 7.06. The average molecular weight is 302 g/mol. The molecule has 0 unspecified atom stereocenters. The number of ether oxygens (including phenoxy) is 1. The van der Waals surface area contributed by atoms with Crippen LogP contribution in [0.3, 0.4) is 0 Å². The minimum Gasteiger partial charge on any atom is -0.444 e. The zero-order valence-electron chi connectivity index (χ0n) is 13.3. The number of carbonyl (C=O) groups is 1. The van der Waals surface area contributed by atoms with Crippen molar-refractivity contribution in [1.29, 1.82) is 0 Å². The fourth-order valence-corrected chi connectivity index (χ4v) is 2.72. The Labute approximate surface area is 129 Å². The van der Waals surface area contributed by atoms with Gasteiger partial charge in [-0.1, -0.05) is 0 Å². The zero-order valence-corrected chi connectivity index (χ0v) is 13.3. The highest BCUT2D eigenvalue weighted by Crippen LogP contribution is 2.28. The van der Waals surface area contributed by atoms with E-state index in [-0.39, 0.29) is 6.09 Å². The van der Waals surface area contributed by atoms with Crippen LogP contribution >= 0.6 is 0 Å². The first-order valence-corrected chi connectivity index (χ1v) is 7.71. The van der Waals surface area contributed by atoms with Crippen LogP contribution < -0.4 is 0 Å². The number of pyridine rings is 1. The number of amides is 1. The van der Waals surface area contributed by atoms with Crippen molar-refractivity contribution in [3.63, 3.8) is 0 Å². The Kier molecular flexibility index (Phi) is 3.76. The van der Waals surface area contributed by atoms with Crippen molar-refractivity contribution < 1.29 is 9.53 Å². The van der Waals surface area contributed by atoms with Gasteiger partial charge in [0, 0.05) is 25.2 Å². The van der Waals surface area contributed by atoms with Crippen LogP contribution in [-0.2, 0) is 4.74 Å². The van der Waals surface area contributed by atoms with Crippen molar-refractivity contribution in [2.24, 2.45) is 0 Å². The van der Waals surface area contributed by atoms with Crippen LogP contribution in [0, 0.1) is 0 Å². The molecule has 0 atom stereocenters. The second-order valence-electron chi connectivity index (χ2n) is 6.74. The Bertz CT molecular complexity index is 633. The van der Waals surface area contributed by atoms with E-state index in [0.29, 0.717) is 19.0 Å². The summed E-state index contributed by atoms with van der Waals surface area (Å²) in [5.41, 5.74) is 1.28. The second-order valence-corrected chi connectivity index (χ2v) is 6.74. The van der Waals surface area contributed by atoms with Gasteiger partial charge in [0.05, 0.1) is 5.52 Å². The number of nitrogens with zero attached hydrogens (tertiary/aromatic N) is 3. The molecule has 0 bridgehead atoms. The Hall–Kier alpha value is -2.11. The summed E-state index contributed by atoms with van der Waals surface area (Å²) >= 11 is 0. The standard InChI is InChI=1S/C16H22N4O2/c1-16(2,3)22-15(21)20-9-6-11(7-10-20)13-18-12-5-4-8-17-14(12)19-13/h4-5,8,11H,6-7,9-10H2,1-3H3,(H,17,18,19). The van der Waals surface area contributed by atoms with Crippen molar-refractivity contribution in [1.82, 2.24) is 19.9 Å². The number of fused-ring (bicyclic) bond motifs is 1. The number of rotatable bonds is 1. The number of aromatic nitrogens is 3. The van der Waals surface area contributed by atoms with E-state index in [1.807, 2.05) is 32.9 Å². The number of likely N-dealkylation sites (tertiary alicyclic amines) is 1. The molecule has 6 nitrogen and oxygen atoms in total. The molecule has 1 fully saturated rings. The second kappa shape index (κ2) is 5.59.